The third kappa shape index (κ3) is 5.75. The minimum Gasteiger partial charge on any atom is -0.406 e. The molecule has 1 amide bonds. The highest BCUT2D eigenvalue weighted by molar-refractivity contribution is 7.99. The summed E-state index contributed by atoms with van der Waals surface area (Å²) in [5.41, 5.74) is 1.14. The molecule has 1 aliphatic carbocycles. The van der Waals surface area contributed by atoms with Gasteiger partial charge in [0.25, 0.3) is 0 Å². The molecule has 1 aromatic carbocycles. The molecule has 2 aliphatic rings. The lowest BCUT2D eigenvalue weighted by Crippen LogP contribution is -2.33. The highest BCUT2D eigenvalue weighted by Gasteiger charge is 2.25. The summed E-state index contributed by atoms with van der Waals surface area (Å²) in [6, 6.07) is 10.4. The number of benzene rings is 1. The molecule has 1 aromatic heterocycles. The van der Waals surface area contributed by atoms with Crippen molar-refractivity contribution in [1.82, 2.24) is 15.5 Å². The van der Waals surface area contributed by atoms with Crippen molar-refractivity contribution in [1.29, 1.82) is 0 Å². The zero-order chi connectivity index (χ0) is 19.9. The number of carbonyl (C=O) groups is 1. The summed E-state index contributed by atoms with van der Waals surface area (Å²) in [5.74, 6) is 3.24. The molecule has 1 N–H and O–H groups in total. The first-order chi connectivity index (χ1) is 14.3. The molecule has 1 atom stereocenters. The number of nitrogens with zero attached hydrogens (tertiary/aromatic N) is 3. The summed E-state index contributed by atoms with van der Waals surface area (Å²) in [4.78, 5) is 14.9. The molecule has 29 heavy (non-hydrogen) atoms. The first-order valence-corrected chi connectivity index (χ1v) is 11.9. The quantitative estimate of drug-likeness (QED) is 0.739. The molecule has 0 bridgehead atoms. The van der Waals surface area contributed by atoms with Crippen LogP contribution in [0.3, 0.4) is 0 Å². The van der Waals surface area contributed by atoms with E-state index in [9.17, 15) is 4.79 Å². The lowest BCUT2D eigenvalue weighted by molar-refractivity contribution is -0.123. The normalized spacial score (nSPS) is 19.1. The van der Waals surface area contributed by atoms with Crippen LogP contribution >= 0.6 is 11.8 Å². The van der Waals surface area contributed by atoms with Crippen LogP contribution in [0.4, 0.5) is 6.01 Å². The fourth-order valence-corrected chi connectivity index (χ4v) is 5.11. The number of anilines is 1. The van der Waals surface area contributed by atoms with Gasteiger partial charge >= 0.3 is 6.01 Å². The number of amides is 1. The molecule has 1 saturated heterocycles. The molecule has 4 rings (SSSR count). The third-order valence-corrected chi connectivity index (χ3v) is 6.77. The molecule has 2 aromatic rings. The van der Waals surface area contributed by atoms with Crippen LogP contribution in [-0.2, 0) is 11.2 Å². The lowest BCUT2D eigenvalue weighted by Gasteiger charge is -2.24. The summed E-state index contributed by atoms with van der Waals surface area (Å²) in [5, 5.41) is 11.8. The molecule has 2 fully saturated rings. The first-order valence-electron chi connectivity index (χ1n) is 10.8. The van der Waals surface area contributed by atoms with Crippen LogP contribution in [0.5, 0.6) is 0 Å². The Balaban J connectivity index is 1.45. The van der Waals surface area contributed by atoms with Crippen molar-refractivity contribution in [3.63, 3.8) is 0 Å². The van der Waals surface area contributed by atoms with E-state index in [4.69, 9.17) is 4.42 Å². The molecule has 0 unspecified atom stereocenters. The second-order valence-corrected chi connectivity index (χ2v) is 9.27. The summed E-state index contributed by atoms with van der Waals surface area (Å²) < 4.78 is 6.03. The maximum Gasteiger partial charge on any atom is 0.318 e. The minimum absolute atomic E-state index is 0.0898. The van der Waals surface area contributed by atoms with Crippen LogP contribution in [0, 0.1) is 5.92 Å². The van der Waals surface area contributed by atoms with Crippen molar-refractivity contribution < 1.29 is 9.21 Å². The predicted octanol–water partition coefficient (Wildman–Crippen LogP) is 3.99. The zero-order valence-corrected chi connectivity index (χ0v) is 17.7. The average Bonchev–Trinajstić information content (AvgIpc) is 3.26. The van der Waals surface area contributed by atoms with Gasteiger partial charge < -0.3 is 14.6 Å². The summed E-state index contributed by atoms with van der Waals surface area (Å²) in [6.07, 6.45) is 7.35. The van der Waals surface area contributed by atoms with Crippen LogP contribution in [0.2, 0.25) is 0 Å². The molecule has 7 heteroatoms. The van der Waals surface area contributed by atoms with E-state index in [-0.39, 0.29) is 11.9 Å². The summed E-state index contributed by atoms with van der Waals surface area (Å²) >= 11 is 1.94. The Morgan fingerprint density at radius 2 is 1.90 bits per heavy atom. The van der Waals surface area contributed by atoms with Gasteiger partial charge in [0.05, 0.1) is 0 Å². The van der Waals surface area contributed by atoms with E-state index < -0.39 is 0 Å². The monoisotopic (exact) mass is 414 g/mol. The summed E-state index contributed by atoms with van der Waals surface area (Å²) in [6.45, 7) is 1.84. The maximum absolute atomic E-state index is 12.8. The van der Waals surface area contributed by atoms with Gasteiger partial charge in [-0.15, -0.1) is 5.10 Å². The zero-order valence-electron chi connectivity index (χ0n) is 16.9. The van der Waals surface area contributed by atoms with Crippen molar-refractivity contribution in [3.8, 4) is 0 Å². The molecule has 156 valence electrons. The number of hydrogen-bond donors (Lipinski definition) is 1. The molecular formula is C22H30N4O2S. The molecule has 6 nitrogen and oxygen atoms in total. The van der Waals surface area contributed by atoms with Crippen LogP contribution in [-0.4, -0.2) is 40.7 Å². The van der Waals surface area contributed by atoms with Gasteiger partial charge in [-0.3, -0.25) is 4.79 Å². The maximum atomic E-state index is 12.8. The van der Waals surface area contributed by atoms with Crippen molar-refractivity contribution >= 4 is 23.7 Å². The fourth-order valence-electron chi connectivity index (χ4n) is 4.21. The topological polar surface area (TPSA) is 71.3 Å². The van der Waals surface area contributed by atoms with Gasteiger partial charge in [0, 0.05) is 37.4 Å². The number of carbonyl (C=O) groups excluding carboxylic acids is 1. The molecular weight excluding hydrogens is 384 g/mol. The summed E-state index contributed by atoms with van der Waals surface area (Å²) in [7, 11) is 0. The van der Waals surface area contributed by atoms with Crippen molar-refractivity contribution in [2.75, 3.05) is 29.5 Å². The molecule has 0 spiro atoms. The van der Waals surface area contributed by atoms with Gasteiger partial charge in [0.15, 0.2) is 0 Å². The molecule has 1 saturated carbocycles. The SMILES string of the molecule is O=C(CC1CCCCC1)N[C@@H](Cc1ccccc1)c1nnc(N2CCSCC2)o1. The highest BCUT2D eigenvalue weighted by atomic mass is 32.2. The van der Waals surface area contributed by atoms with E-state index in [0.717, 1.165) is 43.0 Å². The van der Waals surface area contributed by atoms with Crippen LogP contribution in [0.15, 0.2) is 34.7 Å². The van der Waals surface area contributed by atoms with E-state index in [1.807, 2.05) is 30.0 Å². The Kier molecular flexibility index (Phi) is 7.09. The minimum atomic E-state index is -0.297. The number of rotatable bonds is 7. The van der Waals surface area contributed by atoms with E-state index in [1.54, 1.807) is 0 Å². The molecule has 2 heterocycles. The van der Waals surface area contributed by atoms with Gasteiger partial charge in [-0.1, -0.05) is 54.7 Å². The molecule has 1 aliphatic heterocycles. The van der Waals surface area contributed by atoms with E-state index in [1.165, 1.54) is 19.3 Å². The van der Waals surface area contributed by atoms with Gasteiger partial charge in [0.1, 0.15) is 6.04 Å². The second kappa shape index (κ2) is 10.1. The van der Waals surface area contributed by atoms with Crippen LogP contribution < -0.4 is 10.2 Å². The Bertz CT molecular complexity index is 770. The van der Waals surface area contributed by atoms with Crippen molar-refractivity contribution in [2.24, 2.45) is 5.92 Å². The Morgan fingerprint density at radius 3 is 2.66 bits per heavy atom. The van der Waals surface area contributed by atoms with E-state index in [2.05, 4.69) is 32.5 Å². The highest BCUT2D eigenvalue weighted by Crippen LogP contribution is 2.27. The standard InChI is InChI=1S/C22H30N4O2S/c27-20(16-18-9-5-2-6-10-18)23-19(15-17-7-3-1-4-8-17)21-24-25-22(28-21)26-11-13-29-14-12-26/h1,3-4,7-8,18-19H,2,5-6,9-16H2,(H,23,27)/t19-/m0/s1. The number of aromatic nitrogens is 2. The van der Waals surface area contributed by atoms with Gasteiger partial charge in [-0.2, -0.15) is 11.8 Å². The predicted molar refractivity (Wildman–Crippen MR) is 116 cm³/mol. The Hall–Kier alpha value is -2.02. The number of hydrogen-bond acceptors (Lipinski definition) is 6. The average molecular weight is 415 g/mol. The van der Waals surface area contributed by atoms with E-state index in [0.29, 0.717) is 30.7 Å². The number of thioether (sulfide) groups is 1. The largest absolute Gasteiger partial charge is 0.406 e. The van der Waals surface area contributed by atoms with Gasteiger partial charge in [-0.25, -0.2) is 0 Å². The first kappa shape index (κ1) is 20.3. The lowest BCUT2D eigenvalue weighted by atomic mass is 9.87. The Morgan fingerprint density at radius 1 is 1.14 bits per heavy atom. The van der Waals surface area contributed by atoms with Crippen LogP contribution in [0.25, 0.3) is 0 Å². The molecule has 0 radical (unpaired) electrons. The fraction of sp³-hybridized carbons (Fsp3) is 0.591. The smallest absolute Gasteiger partial charge is 0.318 e. The van der Waals surface area contributed by atoms with E-state index >= 15 is 0 Å². The Labute approximate surface area is 176 Å². The third-order valence-electron chi connectivity index (χ3n) is 5.83. The number of nitrogens with one attached hydrogen (secondary N) is 1. The van der Waals surface area contributed by atoms with Crippen molar-refractivity contribution in [2.45, 2.75) is 51.0 Å². The second-order valence-electron chi connectivity index (χ2n) is 8.04. The van der Waals surface area contributed by atoms with Gasteiger partial charge in [0.2, 0.25) is 11.8 Å². The van der Waals surface area contributed by atoms with Crippen LogP contribution in [0.1, 0.15) is 56.0 Å². The van der Waals surface area contributed by atoms with Gasteiger partial charge in [-0.05, 0) is 24.3 Å². The van der Waals surface area contributed by atoms with Crippen molar-refractivity contribution in [3.05, 3.63) is 41.8 Å².